The average Bonchev–Trinajstić information content (AvgIpc) is 3.42. The van der Waals surface area contributed by atoms with Gasteiger partial charge in [0.15, 0.2) is 5.96 Å². The minimum atomic E-state index is 0.231. The van der Waals surface area contributed by atoms with E-state index in [4.69, 9.17) is 4.74 Å². The van der Waals surface area contributed by atoms with Crippen LogP contribution in [0, 0.1) is 0 Å². The number of likely N-dealkylation sites (tertiary alicyclic amines) is 1. The van der Waals surface area contributed by atoms with E-state index in [1.807, 2.05) is 31.4 Å². The highest BCUT2D eigenvalue weighted by Gasteiger charge is 2.41. The average molecular weight is 419 g/mol. The van der Waals surface area contributed by atoms with Gasteiger partial charge in [0, 0.05) is 58.6 Å². The standard InChI is InChI=1S/C24H30N6O/c1-25-24(26-11-10-20-16-29-12-6-5-9-23(29)27-20)30-17-21-22(18-30)31-14-13-28(21)15-19-7-3-2-4-8-19/h2-9,12,16,21-22H,10-11,13-15,17-18H2,1H3,(H,25,26). The molecule has 1 aromatic carbocycles. The quantitative estimate of drug-likeness (QED) is 0.508. The van der Waals surface area contributed by atoms with Gasteiger partial charge in [-0.2, -0.15) is 0 Å². The smallest absolute Gasteiger partial charge is 0.193 e. The Balaban J connectivity index is 1.18. The van der Waals surface area contributed by atoms with Gasteiger partial charge in [-0.3, -0.25) is 9.89 Å². The summed E-state index contributed by atoms with van der Waals surface area (Å²) in [6.07, 6.45) is 5.22. The van der Waals surface area contributed by atoms with Gasteiger partial charge in [-0.15, -0.1) is 0 Å². The SMILES string of the molecule is CN=C(NCCc1cn2ccccc2n1)N1CC2OCCN(Cc3ccccc3)C2C1. The van der Waals surface area contributed by atoms with Gasteiger partial charge in [0.05, 0.1) is 24.4 Å². The number of nitrogens with zero attached hydrogens (tertiary/aromatic N) is 5. The summed E-state index contributed by atoms with van der Waals surface area (Å²) in [6.45, 7) is 5.36. The third kappa shape index (κ3) is 4.43. The number of pyridine rings is 1. The van der Waals surface area contributed by atoms with Crippen LogP contribution in [0.2, 0.25) is 0 Å². The first-order valence-electron chi connectivity index (χ1n) is 11.1. The van der Waals surface area contributed by atoms with E-state index in [1.54, 1.807) is 0 Å². The number of morpholine rings is 1. The number of ether oxygens (including phenoxy) is 1. The van der Waals surface area contributed by atoms with Crippen molar-refractivity contribution < 1.29 is 4.74 Å². The summed E-state index contributed by atoms with van der Waals surface area (Å²) < 4.78 is 8.19. The van der Waals surface area contributed by atoms with E-state index in [-0.39, 0.29) is 6.10 Å². The Morgan fingerprint density at radius 2 is 2.03 bits per heavy atom. The summed E-state index contributed by atoms with van der Waals surface area (Å²) >= 11 is 0. The summed E-state index contributed by atoms with van der Waals surface area (Å²) in [5.41, 5.74) is 3.43. The molecule has 2 unspecified atom stereocenters. The van der Waals surface area contributed by atoms with Gasteiger partial charge in [-0.05, 0) is 17.7 Å². The molecule has 0 spiro atoms. The summed E-state index contributed by atoms with van der Waals surface area (Å²) in [6, 6.07) is 17.2. The molecule has 3 aromatic rings. The van der Waals surface area contributed by atoms with Crippen LogP contribution in [0.1, 0.15) is 11.3 Å². The molecule has 2 aliphatic heterocycles. The highest BCUT2D eigenvalue weighted by molar-refractivity contribution is 5.80. The molecule has 0 amide bonds. The fourth-order valence-corrected chi connectivity index (χ4v) is 4.69. The van der Waals surface area contributed by atoms with Crippen molar-refractivity contribution in [1.82, 2.24) is 24.5 Å². The molecule has 0 saturated carbocycles. The van der Waals surface area contributed by atoms with Crippen LogP contribution in [0.15, 0.2) is 65.9 Å². The maximum absolute atomic E-state index is 6.12. The first-order valence-corrected chi connectivity index (χ1v) is 11.1. The highest BCUT2D eigenvalue weighted by Crippen LogP contribution is 2.24. The Bertz CT molecular complexity index is 1000. The van der Waals surface area contributed by atoms with Crippen molar-refractivity contribution in [3.63, 3.8) is 0 Å². The van der Waals surface area contributed by atoms with E-state index in [1.165, 1.54) is 5.56 Å². The molecule has 1 N–H and O–H groups in total. The normalized spacial score (nSPS) is 22.1. The van der Waals surface area contributed by atoms with Gasteiger partial charge >= 0.3 is 0 Å². The van der Waals surface area contributed by atoms with E-state index in [0.29, 0.717) is 6.04 Å². The van der Waals surface area contributed by atoms with E-state index in [9.17, 15) is 0 Å². The van der Waals surface area contributed by atoms with E-state index in [2.05, 4.69) is 66.0 Å². The number of fused-ring (bicyclic) bond motifs is 2. The topological polar surface area (TPSA) is 57.4 Å². The van der Waals surface area contributed by atoms with Gasteiger partial charge in [-0.1, -0.05) is 36.4 Å². The van der Waals surface area contributed by atoms with Crippen LogP contribution >= 0.6 is 0 Å². The van der Waals surface area contributed by atoms with Crippen molar-refractivity contribution in [2.45, 2.75) is 25.1 Å². The van der Waals surface area contributed by atoms with E-state index in [0.717, 1.165) is 63.1 Å². The number of aromatic nitrogens is 2. The van der Waals surface area contributed by atoms with Gasteiger partial charge < -0.3 is 19.4 Å². The van der Waals surface area contributed by atoms with Crippen LogP contribution < -0.4 is 5.32 Å². The second kappa shape index (κ2) is 9.08. The lowest BCUT2D eigenvalue weighted by molar-refractivity contribution is -0.0502. The van der Waals surface area contributed by atoms with Crippen molar-refractivity contribution in [2.75, 3.05) is 39.8 Å². The molecule has 2 saturated heterocycles. The number of hydrogen-bond donors (Lipinski definition) is 1. The number of hydrogen-bond acceptors (Lipinski definition) is 4. The molecule has 0 radical (unpaired) electrons. The molecule has 0 bridgehead atoms. The Kier molecular flexibility index (Phi) is 5.86. The lowest BCUT2D eigenvalue weighted by Crippen LogP contribution is -2.50. The molecule has 162 valence electrons. The number of benzene rings is 1. The van der Waals surface area contributed by atoms with Crippen LogP contribution in [-0.2, 0) is 17.7 Å². The molecule has 7 nitrogen and oxygen atoms in total. The van der Waals surface area contributed by atoms with Crippen LogP contribution in [-0.4, -0.2) is 77.1 Å². The van der Waals surface area contributed by atoms with Crippen molar-refractivity contribution in [3.05, 3.63) is 72.2 Å². The molecule has 0 aliphatic carbocycles. The van der Waals surface area contributed by atoms with Crippen LogP contribution in [0.25, 0.3) is 5.65 Å². The van der Waals surface area contributed by atoms with Crippen LogP contribution in [0.3, 0.4) is 0 Å². The number of nitrogens with one attached hydrogen (secondary N) is 1. The zero-order valence-electron chi connectivity index (χ0n) is 18.0. The Morgan fingerprint density at radius 1 is 1.16 bits per heavy atom. The monoisotopic (exact) mass is 418 g/mol. The van der Waals surface area contributed by atoms with Crippen molar-refractivity contribution in [2.24, 2.45) is 4.99 Å². The van der Waals surface area contributed by atoms with E-state index < -0.39 is 0 Å². The lowest BCUT2D eigenvalue weighted by Gasteiger charge is -2.36. The third-order valence-electron chi connectivity index (χ3n) is 6.23. The largest absolute Gasteiger partial charge is 0.373 e. The Labute approximate surface area is 183 Å². The number of guanidine groups is 1. The molecule has 31 heavy (non-hydrogen) atoms. The summed E-state index contributed by atoms with van der Waals surface area (Å²) in [4.78, 5) is 14.1. The van der Waals surface area contributed by atoms with Gasteiger partial charge in [0.25, 0.3) is 0 Å². The fourth-order valence-electron chi connectivity index (χ4n) is 4.69. The first kappa shape index (κ1) is 20.0. The van der Waals surface area contributed by atoms with Crippen molar-refractivity contribution in [3.8, 4) is 0 Å². The molecule has 4 heterocycles. The molecule has 7 heteroatoms. The first-order chi connectivity index (χ1) is 15.3. The minimum Gasteiger partial charge on any atom is -0.373 e. The Morgan fingerprint density at radius 3 is 2.87 bits per heavy atom. The van der Waals surface area contributed by atoms with Gasteiger partial charge in [-0.25, -0.2) is 4.98 Å². The predicted octanol–water partition coefficient (Wildman–Crippen LogP) is 2.04. The fraction of sp³-hybridized carbons (Fsp3) is 0.417. The lowest BCUT2D eigenvalue weighted by atomic mass is 10.1. The number of rotatable bonds is 5. The predicted molar refractivity (Wildman–Crippen MR) is 122 cm³/mol. The van der Waals surface area contributed by atoms with Gasteiger partial charge in [0.2, 0.25) is 0 Å². The second-order valence-electron chi connectivity index (χ2n) is 8.26. The van der Waals surface area contributed by atoms with Crippen LogP contribution in [0.4, 0.5) is 0 Å². The molecule has 2 fully saturated rings. The molecule has 5 rings (SSSR count). The van der Waals surface area contributed by atoms with Crippen molar-refractivity contribution >= 4 is 11.6 Å². The minimum absolute atomic E-state index is 0.231. The molecular formula is C24H30N6O. The zero-order chi connectivity index (χ0) is 21.0. The van der Waals surface area contributed by atoms with Crippen LogP contribution in [0.5, 0.6) is 0 Å². The maximum atomic E-state index is 6.12. The zero-order valence-corrected chi connectivity index (χ0v) is 18.0. The number of aliphatic imine (C=N–C) groups is 1. The summed E-state index contributed by atoms with van der Waals surface area (Å²) in [7, 11) is 1.86. The maximum Gasteiger partial charge on any atom is 0.193 e. The summed E-state index contributed by atoms with van der Waals surface area (Å²) in [5.74, 6) is 0.946. The van der Waals surface area contributed by atoms with E-state index >= 15 is 0 Å². The molecule has 2 atom stereocenters. The third-order valence-corrected chi connectivity index (χ3v) is 6.23. The highest BCUT2D eigenvalue weighted by atomic mass is 16.5. The molecule has 2 aliphatic rings. The molecular weight excluding hydrogens is 388 g/mol. The Hall–Kier alpha value is -2.90. The second-order valence-corrected chi connectivity index (χ2v) is 8.26. The summed E-state index contributed by atoms with van der Waals surface area (Å²) in [5, 5.41) is 3.53. The number of imidazole rings is 1. The van der Waals surface area contributed by atoms with Crippen molar-refractivity contribution in [1.29, 1.82) is 0 Å². The van der Waals surface area contributed by atoms with Gasteiger partial charge in [0.1, 0.15) is 5.65 Å². The molecule has 2 aromatic heterocycles.